The maximum atomic E-state index is 5.63. The molecule has 0 aliphatic heterocycles. The first-order chi connectivity index (χ1) is 9.12. The molecule has 2 aromatic heterocycles. The van der Waals surface area contributed by atoms with Crippen LogP contribution in [0.3, 0.4) is 0 Å². The van der Waals surface area contributed by atoms with Crippen LogP contribution >= 0.6 is 0 Å². The predicted molar refractivity (Wildman–Crippen MR) is 73.5 cm³/mol. The van der Waals surface area contributed by atoms with Gasteiger partial charge < -0.3 is 14.5 Å². The average Bonchev–Trinajstić information content (AvgIpc) is 2.94. The SMILES string of the molecule is CCn1ncc(OC)c1C(NC)c1cc(C)oc1C. The second-order valence-electron chi connectivity index (χ2n) is 4.50. The monoisotopic (exact) mass is 263 g/mol. The summed E-state index contributed by atoms with van der Waals surface area (Å²) in [6.45, 7) is 6.80. The van der Waals surface area contributed by atoms with Crippen LogP contribution < -0.4 is 10.1 Å². The van der Waals surface area contributed by atoms with E-state index in [0.29, 0.717) is 0 Å². The van der Waals surface area contributed by atoms with Gasteiger partial charge in [-0.3, -0.25) is 4.68 Å². The lowest BCUT2D eigenvalue weighted by Crippen LogP contribution is -2.22. The van der Waals surface area contributed by atoms with Crippen molar-refractivity contribution in [1.29, 1.82) is 0 Å². The van der Waals surface area contributed by atoms with Crippen molar-refractivity contribution < 1.29 is 9.15 Å². The number of aryl methyl sites for hydroxylation is 3. The number of rotatable bonds is 5. The van der Waals surface area contributed by atoms with Crippen LogP contribution in [0.2, 0.25) is 0 Å². The molecule has 0 saturated heterocycles. The second-order valence-corrected chi connectivity index (χ2v) is 4.50. The van der Waals surface area contributed by atoms with E-state index in [4.69, 9.17) is 9.15 Å². The van der Waals surface area contributed by atoms with Crippen LogP contribution in [0.5, 0.6) is 5.75 Å². The molecule has 19 heavy (non-hydrogen) atoms. The maximum absolute atomic E-state index is 5.63. The topological polar surface area (TPSA) is 52.2 Å². The van der Waals surface area contributed by atoms with Crippen molar-refractivity contribution in [1.82, 2.24) is 15.1 Å². The van der Waals surface area contributed by atoms with Gasteiger partial charge in [-0.1, -0.05) is 0 Å². The largest absolute Gasteiger partial charge is 0.493 e. The van der Waals surface area contributed by atoms with E-state index in [0.717, 1.165) is 35.1 Å². The highest BCUT2D eigenvalue weighted by molar-refractivity contribution is 5.38. The molecule has 0 spiro atoms. The second kappa shape index (κ2) is 5.48. The van der Waals surface area contributed by atoms with Gasteiger partial charge in [0.15, 0.2) is 5.75 Å². The van der Waals surface area contributed by atoms with Gasteiger partial charge in [0.2, 0.25) is 0 Å². The van der Waals surface area contributed by atoms with Crippen molar-refractivity contribution in [2.75, 3.05) is 14.2 Å². The summed E-state index contributed by atoms with van der Waals surface area (Å²) >= 11 is 0. The molecule has 1 atom stereocenters. The summed E-state index contributed by atoms with van der Waals surface area (Å²) in [7, 11) is 3.60. The quantitative estimate of drug-likeness (QED) is 0.900. The molecule has 0 bridgehead atoms. The molecule has 1 unspecified atom stereocenters. The number of methoxy groups -OCH3 is 1. The fraction of sp³-hybridized carbons (Fsp3) is 0.500. The average molecular weight is 263 g/mol. The lowest BCUT2D eigenvalue weighted by atomic mass is 10.0. The molecule has 0 saturated carbocycles. The number of nitrogens with zero attached hydrogens (tertiary/aromatic N) is 2. The van der Waals surface area contributed by atoms with E-state index >= 15 is 0 Å². The van der Waals surface area contributed by atoms with Gasteiger partial charge in [-0.15, -0.1) is 0 Å². The molecule has 2 aromatic rings. The molecular formula is C14H21N3O2. The molecule has 0 radical (unpaired) electrons. The molecule has 104 valence electrons. The summed E-state index contributed by atoms with van der Waals surface area (Å²) in [6.07, 6.45) is 1.76. The summed E-state index contributed by atoms with van der Waals surface area (Å²) in [5.41, 5.74) is 2.14. The summed E-state index contributed by atoms with van der Waals surface area (Å²) in [4.78, 5) is 0. The van der Waals surface area contributed by atoms with Gasteiger partial charge in [-0.2, -0.15) is 5.10 Å². The Bertz CT molecular complexity index is 536. The maximum Gasteiger partial charge on any atom is 0.161 e. The predicted octanol–water partition coefficient (Wildman–Crippen LogP) is 2.43. The molecule has 0 aliphatic carbocycles. The third-order valence-electron chi connectivity index (χ3n) is 3.32. The summed E-state index contributed by atoms with van der Waals surface area (Å²) in [5.74, 6) is 2.62. The van der Waals surface area contributed by atoms with Crippen LogP contribution in [0.15, 0.2) is 16.7 Å². The molecule has 1 N–H and O–H groups in total. The zero-order valence-electron chi connectivity index (χ0n) is 12.2. The minimum atomic E-state index is 0.00912. The van der Waals surface area contributed by atoms with E-state index < -0.39 is 0 Å². The van der Waals surface area contributed by atoms with Crippen LogP contribution in [0.25, 0.3) is 0 Å². The van der Waals surface area contributed by atoms with E-state index in [9.17, 15) is 0 Å². The third-order valence-corrected chi connectivity index (χ3v) is 3.32. The Labute approximate surface area is 113 Å². The van der Waals surface area contributed by atoms with E-state index in [2.05, 4.69) is 23.4 Å². The highest BCUT2D eigenvalue weighted by atomic mass is 16.5. The van der Waals surface area contributed by atoms with Crippen molar-refractivity contribution in [3.05, 3.63) is 35.0 Å². The zero-order chi connectivity index (χ0) is 14.0. The van der Waals surface area contributed by atoms with E-state index in [-0.39, 0.29) is 6.04 Å². The Morgan fingerprint density at radius 1 is 1.47 bits per heavy atom. The Morgan fingerprint density at radius 3 is 2.68 bits per heavy atom. The smallest absolute Gasteiger partial charge is 0.161 e. The Hall–Kier alpha value is -1.75. The van der Waals surface area contributed by atoms with Crippen molar-refractivity contribution in [2.24, 2.45) is 0 Å². The first kappa shape index (κ1) is 13.7. The molecule has 0 fully saturated rings. The fourth-order valence-electron chi connectivity index (χ4n) is 2.45. The number of hydrogen-bond acceptors (Lipinski definition) is 4. The minimum Gasteiger partial charge on any atom is -0.493 e. The molecule has 5 heteroatoms. The molecule has 0 aliphatic rings. The van der Waals surface area contributed by atoms with Crippen molar-refractivity contribution in [3.8, 4) is 5.75 Å². The van der Waals surface area contributed by atoms with Crippen LogP contribution in [-0.2, 0) is 6.54 Å². The Kier molecular flexibility index (Phi) is 3.95. The lowest BCUT2D eigenvalue weighted by molar-refractivity contribution is 0.400. The Balaban J connectivity index is 2.53. The van der Waals surface area contributed by atoms with E-state index in [1.807, 2.05) is 25.6 Å². The standard InChI is InChI=1S/C14H21N3O2/c1-6-17-14(12(18-5)8-16-17)13(15-4)11-7-9(2)19-10(11)3/h7-8,13,15H,6H2,1-5H3. The van der Waals surface area contributed by atoms with Gasteiger partial charge in [0, 0.05) is 12.1 Å². The first-order valence-electron chi connectivity index (χ1n) is 6.46. The molecule has 2 rings (SSSR count). The number of ether oxygens (including phenoxy) is 1. The van der Waals surface area contributed by atoms with Crippen LogP contribution in [0.1, 0.15) is 35.7 Å². The van der Waals surface area contributed by atoms with Gasteiger partial charge in [-0.05, 0) is 33.9 Å². The van der Waals surface area contributed by atoms with Crippen molar-refractivity contribution >= 4 is 0 Å². The van der Waals surface area contributed by atoms with Gasteiger partial charge in [0.25, 0.3) is 0 Å². The first-order valence-corrected chi connectivity index (χ1v) is 6.46. The third kappa shape index (κ3) is 2.38. The minimum absolute atomic E-state index is 0.00912. The fourth-order valence-corrected chi connectivity index (χ4v) is 2.45. The van der Waals surface area contributed by atoms with E-state index in [1.54, 1.807) is 13.3 Å². The van der Waals surface area contributed by atoms with Crippen LogP contribution in [0, 0.1) is 13.8 Å². The van der Waals surface area contributed by atoms with Gasteiger partial charge >= 0.3 is 0 Å². The molecular weight excluding hydrogens is 242 g/mol. The number of nitrogens with one attached hydrogen (secondary N) is 1. The molecule has 0 aromatic carbocycles. The van der Waals surface area contributed by atoms with Gasteiger partial charge in [0.05, 0.1) is 19.3 Å². The highest BCUT2D eigenvalue weighted by Gasteiger charge is 2.25. The summed E-state index contributed by atoms with van der Waals surface area (Å²) < 4.78 is 13.0. The normalized spacial score (nSPS) is 12.7. The van der Waals surface area contributed by atoms with Gasteiger partial charge in [-0.25, -0.2) is 0 Å². The molecule has 0 amide bonds. The Morgan fingerprint density at radius 2 is 2.21 bits per heavy atom. The summed E-state index contributed by atoms with van der Waals surface area (Å²) in [6, 6.07) is 2.07. The van der Waals surface area contributed by atoms with Crippen molar-refractivity contribution in [2.45, 2.75) is 33.4 Å². The van der Waals surface area contributed by atoms with Crippen molar-refractivity contribution in [3.63, 3.8) is 0 Å². The lowest BCUT2D eigenvalue weighted by Gasteiger charge is -2.18. The van der Waals surface area contributed by atoms with Crippen LogP contribution in [0.4, 0.5) is 0 Å². The van der Waals surface area contributed by atoms with Gasteiger partial charge in [0.1, 0.15) is 17.2 Å². The van der Waals surface area contributed by atoms with Crippen LogP contribution in [-0.4, -0.2) is 23.9 Å². The number of aromatic nitrogens is 2. The molecule has 5 nitrogen and oxygen atoms in total. The van der Waals surface area contributed by atoms with E-state index in [1.165, 1.54) is 0 Å². The zero-order valence-corrected chi connectivity index (χ0v) is 12.2. The summed E-state index contributed by atoms with van der Waals surface area (Å²) in [5, 5.41) is 7.68. The molecule has 2 heterocycles. The number of hydrogen-bond donors (Lipinski definition) is 1. The highest BCUT2D eigenvalue weighted by Crippen LogP contribution is 2.32. The number of furan rings is 1.